The van der Waals surface area contributed by atoms with Crippen molar-refractivity contribution in [1.29, 1.82) is 0 Å². The molecule has 6 nitrogen and oxygen atoms in total. The van der Waals surface area contributed by atoms with Crippen molar-refractivity contribution in [1.82, 2.24) is 14.5 Å². The molecule has 0 aliphatic rings. The fourth-order valence-corrected chi connectivity index (χ4v) is 6.09. The molecule has 0 amide bonds. The molecule has 2 aromatic carbocycles. The summed E-state index contributed by atoms with van der Waals surface area (Å²) in [5, 5.41) is 2.01. The van der Waals surface area contributed by atoms with E-state index in [-0.39, 0.29) is 4.90 Å². The maximum absolute atomic E-state index is 12.8. The highest BCUT2D eigenvalue weighted by molar-refractivity contribution is 9.09. The van der Waals surface area contributed by atoms with E-state index in [4.69, 9.17) is 0 Å². The van der Waals surface area contributed by atoms with Gasteiger partial charge in [-0.25, -0.2) is 4.98 Å². The summed E-state index contributed by atoms with van der Waals surface area (Å²) in [4.78, 5) is 6.39. The molecule has 0 bridgehead atoms. The minimum atomic E-state index is -3.80. The molecular weight excluding hydrogens is 520 g/mol. The second kappa shape index (κ2) is 11.4. The Bertz CT molecular complexity index is 1210. The Balaban J connectivity index is 1.90. The van der Waals surface area contributed by atoms with Crippen LogP contribution < -0.4 is 0 Å². The van der Waals surface area contributed by atoms with Crippen LogP contribution in [0.15, 0.2) is 69.2 Å². The lowest BCUT2D eigenvalue weighted by Crippen LogP contribution is -2.10. The second-order valence-corrected chi connectivity index (χ2v) is 11.2. The summed E-state index contributed by atoms with van der Waals surface area (Å²) in [6, 6.07) is 15.0. The van der Waals surface area contributed by atoms with Gasteiger partial charge in [0, 0.05) is 31.5 Å². The molecule has 1 aromatic heterocycles. The summed E-state index contributed by atoms with van der Waals surface area (Å²) in [6.45, 7) is 2.94. The third-order valence-electron chi connectivity index (χ3n) is 5.24. The third-order valence-corrected chi connectivity index (χ3v) is 7.69. The number of benzene rings is 2. The van der Waals surface area contributed by atoms with E-state index in [1.807, 2.05) is 42.7 Å². The first kappa shape index (κ1) is 25.5. The normalized spacial score (nSPS) is 12.9. The zero-order valence-corrected chi connectivity index (χ0v) is 22.5. The van der Waals surface area contributed by atoms with E-state index in [0.717, 1.165) is 27.9 Å². The number of nitrogens with zero attached hydrogens (tertiary/aromatic N) is 4. The Hall–Kier alpha value is -2.10. The first-order valence-electron chi connectivity index (χ1n) is 10.6. The standard InChI is InChI=1S/C24H29BrN4O2S2/c1-18(13-14-25)23-24(32-4)26-16-29(23)15-19-9-11-20(12-10-19)21-7-5-6-8-22(21)33(30,31)27-17-28(2)3/h5-12,16-18H,13-15H2,1-4H3. The van der Waals surface area contributed by atoms with Crippen molar-refractivity contribution < 1.29 is 8.42 Å². The lowest BCUT2D eigenvalue weighted by atomic mass is 10.0. The van der Waals surface area contributed by atoms with Gasteiger partial charge in [0.2, 0.25) is 0 Å². The number of sulfonamides is 1. The van der Waals surface area contributed by atoms with Crippen LogP contribution in [0.3, 0.4) is 0 Å². The SMILES string of the molecule is CSc1ncn(Cc2ccc(-c3ccccc3S(=O)(=O)N=CN(C)C)cc2)c1C(C)CCBr. The number of hydrogen-bond donors (Lipinski definition) is 0. The highest BCUT2D eigenvalue weighted by Gasteiger charge is 2.19. The van der Waals surface area contributed by atoms with Crippen LogP contribution in [0.1, 0.15) is 30.5 Å². The van der Waals surface area contributed by atoms with Crippen LogP contribution in [0.5, 0.6) is 0 Å². The molecule has 3 rings (SSSR count). The maximum atomic E-state index is 12.8. The molecule has 0 fully saturated rings. The summed E-state index contributed by atoms with van der Waals surface area (Å²) < 4.78 is 31.6. The largest absolute Gasteiger partial charge is 0.368 e. The van der Waals surface area contributed by atoms with E-state index < -0.39 is 10.0 Å². The van der Waals surface area contributed by atoms with Gasteiger partial charge >= 0.3 is 0 Å². The Morgan fingerprint density at radius 1 is 1.18 bits per heavy atom. The van der Waals surface area contributed by atoms with Crippen LogP contribution >= 0.6 is 27.7 Å². The summed E-state index contributed by atoms with van der Waals surface area (Å²) >= 11 is 5.22. The maximum Gasteiger partial charge on any atom is 0.284 e. The number of rotatable bonds is 10. The molecule has 0 aliphatic heterocycles. The van der Waals surface area contributed by atoms with Gasteiger partial charge in [0.15, 0.2) is 0 Å². The van der Waals surface area contributed by atoms with Gasteiger partial charge < -0.3 is 9.47 Å². The van der Waals surface area contributed by atoms with Crippen LogP contribution in [0, 0.1) is 0 Å². The lowest BCUT2D eigenvalue weighted by Gasteiger charge is -2.16. The molecule has 3 aromatic rings. The molecule has 0 radical (unpaired) electrons. The third kappa shape index (κ3) is 6.28. The van der Waals surface area contributed by atoms with Crippen LogP contribution in [0.4, 0.5) is 0 Å². The quantitative estimate of drug-likeness (QED) is 0.145. The lowest BCUT2D eigenvalue weighted by molar-refractivity contribution is 0.595. The van der Waals surface area contributed by atoms with Gasteiger partial charge in [-0.2, -0.15) is 8.42 Å². The fourth-order valence-electron chi connectivity index (χ4n) is 3.58. The number of imidazole rings is 1. The van der Waals surface area contributed by atoms with Crippen LogP contribution in [0.25, 0.3) is 11.1 Å². The van der Waals surface area contributed by atoms with Crippen LogP contribution in [-0.2, 0) is 16.6 Å². The van der Waals surface area contributed by atoms with Crippen LogP contribution in [-0.4, -0.2) is 54.9 Å². The second-order valence-electron chi connectivity index (χ2n) is 8.00. The Morgan fingerprint density at radius 3 is 2.52 bits per heavy atom. The fraction of sp³-hybridized carbons (Fsp3) is 0.333. The predicted molar refractivity (Wildman–Crippen MR) is 141 cm³/mol. The number of alkyl halides is 1. The number of aromatic nitrogens is 2. The van der Waals surface area contributed by atoms with Crippen molar-refractivity contribution in [2.75, 3.05) is 25.7 Å². The van der Waals surface area contributed by atoms with Crippen molar-refractivity contribution in [2.24, 2.45) is 4.40 Å². The minimum Gasteiger partial charge on any atom is -0.368 e. The van der Waals surface area contributed by atoms with E-state index in [0.29, 0.717) is 18.0 Å². The highest BCUT2D eigenvalue weighted by Crippen LogP contribution is 2.31. The number of halogens is 1. The minimum absolute atomic E-state index is 0.195. The van der Waals surface area contributed by atoms with Crippen molar-refractivity contribution in [2.45, 2.75) is 35.7 Å². The average Bonchev–Trinajstić information content (AvgIpc) is 3.21. The van der Waals surface area contributed by atoms with Gasteiger partial charge in [0.05, 0.1) is 16.9 Å². The molecule has 1 heterocycles. The van der Waals surface area contributed by atoms with E-state index in [9.17, 15) is 8.42 Å². The monoisotopic (exact) mass is 548 g/mol. The van der Waals surface area contributed by atoms with Crippen molar-refractivity contribution in [3.05, 3.63) is 66.1 Å². The molecule has 33 heavy (non-hydrogen) atoms. The van der Waals surface area contributed by atoms with Gasteiger partial charge in [-0.3, -0.25) is 0 Å². The molecule has 176 valence electrons. The summed E-state index contributed by atoms with van der Waals surface area (Å²) in [7, 11) is -0.336. The molecular formula is C24H29BrN4O2S2. The van der Waals surface area contributed by atoms with E-state index in [1.165, 1.54) is 12.0 Å². The van der Waals surface area contributed by atoms with E-state index in [2.05, 4.69) is 43.1 Å². The van der Waals surface area contributed by atoms with Gasteiger partial charge in [-0.15, -0.1) is 16.2 Å². The number of thioether (sulfide) groups is 1. The Kier molecular flexibility index (Phi) is 8.78. The van der Waals surface area contributed by atoms with Gasteiger partial charge in [0.25, 0.3) is 10.0 Å². The van der Waals surface area contributed by atoms with Gasteiger partial charge in [-0.1, -0.05) is 65.3 Å². The predicted octanol–water partition coefficient (Wildman–Crippen LogP) is 5.49. The molecule has 0 saturated heterocycles. The van der Waals surface area contributed by atoms with E-state index >= 15 is 0 Å². The molecule has 1 atom stereocenters. The zero-order valence-electron chi connectivity index (χ0n) is 19.3. The Morgan fingerprint density at radius 2 is 1.88 bits per heavy atom. The first-order valence-corrected chi connectivity index (χ1v) is 14.4. The molecule has 0 aliphatic carbocycles. The highest BCUT2D eigenvalue weighted by atomic mass is 79.9. The molecule has 1 unspecified atom stereocenters. The van der Waals surface area contributed by atoms with Crippen LogP contribution in [0.2, 0.25) is 0 Å². The topological polar surface area (TPSA) is 67.6 Å². The summed E-state index contributed by atoms with van der Waals surface area (Å²) in [5.41, 5.74) is 3.85. The Labute approximate surface area is 209 Å². The van der Waals surface area contributed by atoms with Crippen molar-refractivity contribution in [3.63, 3.8) is 0 Å². The average molecular weight is 550 g/mol. The zero-order chi connectivity index (χ0) is 24.0. The molecule has 0 saturated carbocycles. The molecule has 9 heteroatoms. The van der Waals surface area contributed by atoms with Gasteiger partial charge in [0.1, 0.15) is 11.4 Å². The smallest absolute Gasteiger partial charge is 0.284 e. The summed E-state index contributed by atoms with van der Waals surface area (Å²) in [5.74, 6) is 0.397. The van der Waals surface area contributed by atoms with Crippen molar-refractivity contribution >= 4 is 44.1 Å². The van der Waals surface area contributed by atoms with E-state index in [1.54, 1.807) is 42.9 Å². The first-order chi connectivity index (χ1) is 15.8. The van der Waals surface area contributed by atoms with Gasteiger partial charge in [-0.05, 0) is 35.8 Å². The van der Waals surface area contributed by atoms with Crippen molar-refractivity contribution in [3.8, 4) is 11.1 Å². The molecule has 0 N–H and O–H groups in total. The summed E-state index contributed by atoms with van der Waals surface area (Å²) in [6.07, 6.45) is 6.31. The number of hydrogen-bond acceptors (Lipinski definition) is 4. The molecule has 0 spiro atoms.